The number of amides is 1. The molecule has 0 spiro atoms. The Morgan fingerprint density at radius 2 is 2.00 bits per heavy atom. The summed E-state index contributed by atoms with van der Waals surface area (Å²) in [4.78, 5) is 16.2. The molecule has 5 nitrogen and oxygen atoms in total. The quantitative estimate of drug-likeness (QED) is 0.745. The van der Waals surface area contributed by atoms with Gasteiger partial charge in [-0.2, -0.15) is 5.10 Å². The third-order valence-electron chi connectivity index (χ3n) is 3.29. The van der Waals surface area contributed by atoms with Crippen molar-refractivity contribution in [3.63, 3.8) is 0 Å². The fourth-order valence-corrected chi connectivity index (χ4v) is 2.33. The summed E-state index contributed by atoms with van der Waals surface area (Å²) in [6, 6.07) is 13.1. The van der Waals surface area contributed by atoms with Gasteiger partial charge in [-0.15, -0.1) is 0 Å². The van der Waals surface area contributed by atoms with Crippen LogP contribution in [0.3, 0.4) is 0 Å². The van der Waals surface area contributed by atoms with E-state index in [9.17, 15) is 9.18 Å². The summed E-state index contributed by atoms with van der Waals surface area (Å²) in [5, 5.41) is 10.1. The first kappa shape index (κ1) is 16.1. The van der Waals surface area contributed by atoms with Crippen LogP contribution < -0.4 is 5.32 Å². The first-order valence-electron chi connectivity index (χ1n) is 7.28. The predicted molar refractivity (Wildman–Crippen MR) is 89.4 cm³/mol. The molecule has 1 heterocycles. The van der Waals surface area contributed by atoms with E-state index in [1.54, 1.807) is 18.2 Å². The van der Waals surface area contributed by atoms with Crippen molar-refractivity contribution in [2.75, 3.05) is 5.32 Å². The summed E-state index contributed by atoms with van der Waals surface area (Å²) >= 11 is 5.85. The van der Waals surface area contributed by atoms with Gasteiger partial charge >= 0.3 is 0 Å². The van der Waals surface area contributed by atoms with Gasteiger partial charge in [0, 0.05) is 17.1 Å². The number of H-pyrrole nitrogens is 1. The van der Waals surface area contributed by atoms with Gasteiger partial charge in [-0.25, -0.2) is 9.37 Å². The minimum Gasteiger partial charge on any atom is -0.326 e. The van der Waals surface area contributed by atoms with Gasteiger partial charge in [0.2, 0.25) is 5.91 Å². The van der Waals surface area contributed by atoms with Crippen LogP contribution in [0.1, 0.15) is 17.2 Å². The summed E-state index contributed by atoms with van der Waals surface area (Å²) in [7, 11) is 0. The van der Waals surface area contributed by atoms with Gasteiger partial charge in [0.05, 0.1) is 6.42 Å². The second-order valence-electron chi connectivity index (χ2n) is 5.24. The van der Waals surface area contributed by atoms with Crippen LogP contribution in [0.15, 0.2) is 48.5 Å². The van der Waals surface area contributed by atoms with E-state index in [1.807, 2.05) is 12.1 Å². The lowest BCUT2D eigenvalue weighted by atomic mass is 10.1. The van der Waals surface area contributed by atoms with Crippen LogP contribution in [0.4, 0.5) is 10.1 Å². The number of anilines is 1. The number of nitrogens with one attached hydrogen (secondary N) is 2. The smallest absolute Gasteiger partial charge is 0.232 e. The third kappa shape index (κ3) is 4.39. The van der Waals surface area contributed by atoms with Crippen LogP contribution in [0, 0.1) is 5.82 Å². The van der Waals surface area contributed by atoms with Gasteiger partial charge in [0.15, 0.2) is 5.82 Å². The average molecular weight is 345 g/mol. The summed E-state index contributed by atoms with van der Waals surface area (Å²) < 4.78 is 13.1. The van der Waals surface area contributed by atoms with Crippen molar-refractivity contribution in [2.45, 2.75) is 12.8 Å². The molecule has 3 rings (SSSR count). The number of hydrogen-bond acceptors (Lipinski definition) is 3. The summed E-state index contributed by atoms with van der Waals surface area (Å²) in [6.45, 7) is 0. The van der Waals surface area contributed by atoms with Gasteiger partial charge in [-0.3, -0.25) is 9.89 Å². The number of halogens is 2. The Balaban J connectivity index is 1.59. The SMILES string of the molecule is O=C(Cc1n[nH]c(Cc2ccc(Cl)cc2)n1)Nc1cccc(F)c1. The van der Waals surface area contributed by atoms with Crippen LogP contribution in [0.25, 0.3) is 0 Å². The number of nitrogens with zero attached hydrogens (tertiary/aromatic N) is 2. The van der Waals surface area contributed by atoms with E-state index in [4.69, 9.17) is 11.6 Å². The van der Waals surface area contributed by atoms with Crippen molar-refractivity contribution < 1.29 is 9.18 Å². The van der Waals surface area contributed by atoms with Crippen molar-refractivity contribution in [3.8, 4) is 0 Å². The van der Waals surface area contributed by atoms with Crippen LogP contribution in [-0.2, 0) is 17.6 Å². The second kappa shape index (κ2) is 7.23. The number of aromatic amines is 1. The molecule has 0 saturated carbocycles. The van der Waals surface area contributed by atoms with Gasteiger partial charge < -0.3 is 5.32 Å². The number of rotatable bonds is 5. The first-order valence-corrected chi connectivity index (χ1v) is 7.66. The van der Waals surface area contributed by atoms with E-state index >= 15 is 0 Å². The maximum atomic E-state index is 13.1. The zero-order valence-electron chi connectivity index (χ0n) is 12.6. The topological polar surface area (TPSA) is 70.7 Å². The van der Waals surface area contributed by atoms with Crippen molar-refractivity contribution in [3.05, 3.63) is 76.6 Å². The molecule has 0 aliphatic carbocycles. The molecule has 0 bridgehead atoms. The molecule has 0 radical (unpaired) electrons. The number of carbonyl (C=O) groups is 1. The second-order valence-corrected chi connectivity index (χ2v) is 5.67. The van der Waals surface area contributed by atoms with E-state index in [2.05, 4.69) is 20.5 Å². The fourth-order valence-electron chi connectivity index (χ4n) is 2.20. The normalized spacial score (nSPS) is 10.6. The predicted octanol–water partition coefficient (Wildman–Crippen LogP) is 3.37. The van der Waals surface area contributed by atoms with E-state index in [-0.39, 0.29) is 12.3 Å². The highest BCUT2D eigenvalue weighted by Gasteiger charge is 2.10. The van der Waals surface area contributed by atoms with Crippen LogP contribution >= 0.6 is 11.6 Å². The van der Waals surface area contributed by atoms with Crippen molar-refractivity contribution in [2.24, 2.45) is 0 Å². The average Bonchev–Trinajstić information content (AvgIpc) is 2.96. The maximum absolute atomic E-state index is 13.1. The maximum Gasteiger partial charge on any atom is 0.232 e. The monoisotopic (exact) mass is 344 g/mol. The Kier molecular flexibility index (Phi) is 4.86. The molecule has 0 unspecified atom stereocenters. The van der Waals surface area contributed by atoms with Crippen LogP contribution in [-0.4, -0.2) is 21.1 Å². The molecule has 2 N–H and O–H groups in total. The Bertz CT molecular complexity index is 848. The minimum absolute atomic E-state index is 0.00757. The zero-order valence-corrected chi connectivity index (χ0v) is 13.3. The Morgan fingerprint density at radius 3 is 2.75 bits per heavy atom. The zero-order chi connectivity index (χ0) is 16.9. The molecule has 1 amide bonds. The highest BCUT2D eigenvalue weighted by molar-refractivity contribution is 6.30. The number of aromatic nitrogens is 3. The number of benzene rings is 2. The molecule has 3 aromatic rings. The molecule has 24 heavy (non-hydrogen) atoms. The van der Waals surface area contributed by atoms with E-state index in [1.165, 1.54) is 18.2 Å². The number of hydrogen-bond donors (Lipinski definition) is 2. The standard InChI is InChI=1S/C17H14ClFN4O/c18-12-6-4-11(5-7-12)8-15-21-16(23-22-15)10-17(24)20-14-3-1-2-13(19)9-14/h1-7,9H,8,10H2,(H,20,24)(H,21,22,23). The van der Waals surface area contributed by atoms with Crippen molar-refractivity contribution in [1.82, 2.24) is 15.2 Å². The lowest BCUT2D eigenvalue weighted by molar-refractivity contribution is -0.115. The molecule has 7 heteroatoms. The largest absolute Gasteiger partial charge is 0.326 e. The lowest BCUT2D eigenvalue weighted by Gasteiger charge is -2.03. The van der Waals surface area contributed by atoms with Gasteiger partial charge in [0.1, 0.15) is 11.6 Å². The molecule has 0 aliphatic heterocycles. The molecule has 1 aromatic heterocycles. The van der Waals surface area contributed by atoms with E-state index < -0.39 is 5.82 Å². The highest BCUT2D eigenvalue weighted by atomic mass is 35.5. The molecule has 2 aromatic carbocycles. The van der Waals surface area contributed by atoms with Gasteiger partial charge in [-0.1, -0.05) is 29.8 Å². The highest BCUT2D eigenvalue weighted by Crippen LogP contribution is 2.12. The van der Waals surface area contributed by atoms with Gasteiger partial charge in [0.25, 0.3) is 0 Å². The molecule has 122 valence electrons. The first-order chi connectivity index (χ1) is 11.6. The Labute approximate surface area is 142 Å². The van der Waals surface area contributed by atoms with Crippen molar-refractivity contribution >= 4 is 23.2 Å². The van der Waals surface area contributed by atoms with E-state index in [0.717, 1.165) is 5.56 Å². The molecule has 0 aliphatic rings. The third-order valence-corrected chi connectivity index (χ3v) is 3.54. The van der Waals surface area contributed by atoms with Gasteiger partial charge in [-0.05, 0) is 35.9 Å². The Hall–Kier alpha value is -2.73. The molecule has 0 saturated heterocycles. The molecular weight excluding hydrogens is 331 g/mol. The summed E-state index contributed by atoms with van der Waals surface area (Å²) in [6.07, 6.45) is 0.573. The van der Waals surface area contributed by atoms with E-state index in [0.29, 0.717) is 28.8 Å². The minimum atomic E-state index is -0.407. The Morgan fingerprint density at radius 1 is 1.21 bits per heavy atom. The lowest BCUT2D eigenvalue weighted by Crippen LogP contribution is -2.15. The molecule has 0 fully saturated rings. The number of carbonyl (C=O) groups excluding carboxylic acids is 1. The van der Waals surface area contributed by atoms with Crippen molar-refractivity contribution in [1.29, 1.82) is 0 Å². The summed E-state index contributed by atoms with van der Waals surface area (Å²) in [5.41, 5.74) is 1.43. The summed E-state index contributed by atoms with van der Waals surface area (Å²) in [5.74, 6) is 0.326. The van der Waals surface area contributed by atoms with Crippen LogP contribution in [0.2, 0.25) is 5.02 Å². The van der Waals surface area contributed by atoms with Crippen LogP contribution in [0.5, 0.6) is 0 Å². The fraction of sp³-hybridized carbons (Fsp3) is 0.118. The molecule has 0 atom stereocenters. The molecular formula is C17H14ClFN4O.